The van der Waals surface area contributed by atoms with Crippen LogP contribution in [-0.4, -0.2) is 45.8 Å². The van der Waals surface area contributed by atoms with Crippen molar-refractivity contribution in [3.63, 3.8) is 0 Å². The molecule has 2 aromatic rings. The Morgan fingerprint density at radius 1 is 1.33 bits per heavy atom. The van der Waals surface area contributed by atoms with Gasteiger partial charge in [0.05, 0.1) is 0 Å². The van der Waals surface area contributed by atoms with E-state index in [4.69, 9.17) is 0 Å². The van der Waals surface area contributed by atoms with Gasteiger partial charge in [0.1, 0.15) is 11.6 Å². The zero-order valence-electron chi connectivity index (χ0n) is 13.9. The molecule has 0 unspecified atom stereocenters. The monoisotopic (exact) mass is 348 g/mol. The highest BCUT2D eigenvalue weighted by molar-refractivity contribution is 7.09. The van der Waals surface area contributed by atoms with Gasteiger partial charge in [0.25, 0.3) is 0 Å². The molecule has 1 aliphatic rings. The van der Waals surface area contributed by atoms with E-state index >= 15 is 0 Å². The number of carbonyl (C=O) groups is 1. The molecule has 0 spiro atoms. The van der Waals surface area contributed by atoms with Crippen molar-refractivity contribution in [1.29, 1.82) is 0 Å². The molecule has 3 rings (SSSR count). The van der Waals surface area contributed by atoms with Gasteiger partial charge in [-0.15, -0.1) is 0 Å². The number of hydrogen-bond acceptors (Lipinski definition) is 5. The number of hydrogen-bond donors (Lipinski definition) is 0. The molecule has 1 atom stereocenters. The van der Waals surface area contributed by atoms with Gasteiger partial charge in [-0.1, -0.05) is 19.1 Å². The highest BCUT2D eigenvalue weighted by atomic mass is 32.1. The van der Waals surface area contributed by atoms with Crippen molar-refractivity contribution in [3.05, 3.63) is 41.5 Å². The molecule has 0 saturated carbocycles. The van der Waals surface area contributed by atoms with Crippen LogP contribution in [0.25, 0.3) is 0 Å². The van der Waals surface area contributed by atoms with Crippen LogP contribution in [0.15, 0.2) is 24.3 Å². The molecule has 0 bridgehead atoms. The molecule has 0 aliphatic carbocycles. The normalized spacial score (nSPS) is 18.0. The van der Waals surface area contributed by atoms with Crippen LogP contribution < -0.4 is 4.90 Å². The van der Waals surface area contributed by atoms with Crippen LogP contribution in [0.3, 0.4) is 0 Å². The maximum Gasteiger partial charge on any atom is 0.222 e. The summed E-state index contributed by atoms with van der Waals surface area (Å²) < 4.78 is 17.4. The summed E-state index contributed by atoms with van der Waals surface area (Å²) in [5.74, 6) is 0.719. The van der Waals surface area contributed by atoms with Crippen LogP contribution in [-0.2, 0) is 11.2 Å². The first-order valence-corrected chi connectivity index (χ1v) is 8.95. The van der Waals surface area contributed by atoms with Gasteiger partial charge in [0.2, 0.25) is 11.0 Å². The SMILES string of the molecule is CCC(=O)N1CCN(c2nc(Cc3ccc(F)cc3)ns2)C[C@H]1C. The maximum absolute atomic E-state index is 13.0. The Kier molecular flexibility index (Phi) is 5.08. The number of aromatic nitrogens is 2. The number of benzene rings is 1. The number of piperazine rings is 1. The van der Waals surface area contributed by atoms with Crippen LogP contribution in [0.1, 0.15) is 31.7 Å². The summed E-state index contributed by atoms with van der Waals surface area (Å²) in [4.78, 5) is 20.7. The summed E-state index contributed by atoms with van der Waals surface area (Å²) in [5.41, 5.74) is 0.993. The molecule has 2 heterocycles. The van der Waals surface area contributed by atoms with Crippen LogP contribution in [0.2, 0.25) is 0 Å². The number of carbonyl (C=O) groups excluding carboxylic acids is 1. The number of halogens is 1. The van der Waals surface area contributed by atoms with Crippen molar-refractivity contribution in [3.8, 4) is 0 Å². The maximum atomic E-state index is 13.0. The minimum absolute atomic E-state index is 0.177. The first-order chi connectivity index (χ1) is 11.6. The second-order valence-electron chi connectivity index (χ2n) is 6.03. The van der Waals surface area contributed by atoms with Crippen molar-refractivity contribution >= 4 is 22.6 Å². The molecule has 1 aromatic heterocycles. The zero-order chi connectivity index (χ0) is 17.1. The minimum atomic E-state index is -0.237. The molecule has 128 valence electrons. The third-order valence-electron chi connectivity index (χ3n) is 4.25. The van der Waals surface area contributed by atoms with E-state index in [1.807, 2.05) is 11.8 Å². The van der Waals surface area contributed by atoms with E-state index in [1.54, 1.807) is 12.1 Å². The lowest BCUT2D eigenvalue weighted by molar-refractivity contribution is -0.133. The average molecular weight is 348 g/mol. The van der Waals surface area contributed by atoms with Gasteiger partial charge >= 0.3 is 0 Å². The number of nitrogens with zero attached hydrogens (tertiary/aromatic N) is 4. The lowest BCUT2D eigenvalue weighted by Gasteiger charge is -2.39. The summed E-state index contributed by atoms with van der Waals surface area (Å²) in [5, 5.41) is 0.891. The van der Waals surface area contributed by atoms with Crippen molar-refractivity contribution < 1.29 is 9.18 Å². The second-order valence-corrected chi connectivity index (χ2v) is 6.76. The van der Waals surface area contributed by atoms with E-state index in [0.717, 1.165) is 36.2 Å². The number of anilines is 1. The van der Waals surface area contributed by atoms with E-state index in [9.17, 15) is 9.18 Å². The third-order valence-corrected chi connectivity index (χ3v) is 5.07. The van der Waals surface area contributed by atoms with Gasteiger partial charge in [-0.2, -0.15) is 4.37 Å². The third kappa shape index (κ3) is 3.72. The molecule has 1 aliphatic heterocycles. The predicted octanol–water partition coefficient (Wildman–Crippen LogP) is 2.72. The summed E-state index contributed by atoms with van der Waals surface area (Å²) in [6.45, 7) is 6.24. The van der Waals surface area contributed by atoms with Crippen molar-refractivity contribution in [2.75, 3.05) is 24.5 Å². The molecular weight excluding hydrogens is 327 g/mol. The molecule has 7 heteroatoms. The summed E-state index contributed by atoms with van der Waals surface area (Å²) >= 11 is 1.38. The molecule has 24 heavy (non-hydrogen) atoms. The summed E-state index contributed by atoms with van der Waals surface area (Å²) in [7, 11) is 0. The van der Waals surface area contributed by atoms with Gasteiger partial charge < -0.3 is 9.80 Å². The topological polar surface area (TPSA) is 49.3 Å². The van der Waals surface area contributed by atoms with E-state index in [1.165, 1.54) is 23.7 Å². The summed E-state index contributed by atoms with van der Waals surface area (Å²) in [6, 6.07) is 6.60. The van der Waals surface area contributed by atoms with Gasteiger partial charge in [0.15, 0.2) is 0 Å². The van der Waals surface area contributed by atoms with Crippen LogP contribution in [0.5, 0.6) is 0 Å². The molecule has 1 amide bonds. The Hall–Kier alpha value is -2.02. The standard InChI is InChI=1S/C17H21FN4OS/c1-3-16(23)22-9-8-21(11-12(22)2)17-19-15(20-24-17)10-13-4-6-14(18)7-5-13/h4-7,12H,3,8-11H2,1-2H3/t12-/m1/s1. The molecule has 1 saturated heterocycles. The number of amides is 1. The van der Waals surface area contributed by atoms with Crippen molar-refractivity contribution in [1.82, 2.24) is 14.3 Å². The van der Waals surface area contributed by atoms with Crippen molar-refractivity contribution in [2.24, 2.45) is 0 Å². The van der Waals surface area contributed by atoms with E-state index < -0.39 is 0 Å². The first kappa shape index (κ1) is 16.8. The van der Waals surface area contributed by atoms with Crippen molar-refractivity contribution in [2.45, 2.75) is 32.7 Å². The fraction of sp³-hybridized carbons (Fsp3) is 0.471. The smallest absolute Gasteiger partial charge is 0.222 e. The van der Waals surface area contributed by atoms with Gasteiger partial charge in [-0.05, 0) is 24.6 Å². The van der Waals surface area contributed by atoms with E-state index in [-0.39, 0.29) is 17.8 Å². The Balaban J connectivity index is 1.63. The molecule has 0 radical (unpaired) electrons. The lowest BCUT2D eigenvalue weighted by atomic mass is 10.1. The van der Waals surface area contributed by atoms with E-state index in [2.05, 4.69) is 21.2 Å². The fourth-order valence-corrected chi connectivity index (χ4v) is 3.65. The second kappa shape index (κ2) is 7.25. The quantitative estimate of drug-likeness (QED) is 0.852. The molecule has 1 fully saturated rings. The molecule has 0 N–H and O–H groups in total. The Labute approximate surface area is 145 Å². The van der Waals surface area contributed by atoms with Crippen LogP contribution in [0.4, 0.5) is 9.52 Å². The van der Waals surface area contributed by atoms with Crippen LogP contribution >= 0.6 is 11.5 Å². The Morgan fingerprint density at radius 2 is 2.08 bits per heavy atom. The molecular formula is C17H21FN4OS. The Morgan fingerprint density at radius 3 is 2.75 bits per heavy atom. The van der Waals surface area contributed by atoms with Gasteiger partial charge in [0, 0.05) is 50.1 Å². The zero-order valence-corrected chi connectivity index (χ0v) is 14.7. The van der Waals surface area contributed by atoms with Crippen LogP contribution in [0, 0.1) is 5.82 Å². The fourth-order valence-electron chi connectivity index (χ4n) is 2.93. The largest absolute Gasteiger partial charge is 0.343 e. The predicted molar refractivity (Wildman–Crippen MR) is 92.8 cm³/mol. The lowest BCUT2D eigenvalue weighted by Crippen LogP contribution is -2.54. The van der Waals surface area contributed by atoms with Gasteiger partial charge in [-0.25, -0.2) is 9.37 Å². The molecule has 1 aromatic carbocycles. The van der Waals surface area contributed by atoms with Gasteiger partial charge in [-0.3, -0.25) is 4.79 Å². The highest BCUT2D eigenvalue weighted by Crippen LogP contribution is 2.22. The number of rotatable bonds is 4. The van der Waals surface area contributed by atoms with E-state index in [0.29, 0.717) is 12.8 Å². The minimum Gasteiger partial charge on any atom is -0.343 e. The first-order valence-electron chi connectivity index (χ1n) is 8.18. The summed E-state index contributed by atoms with van der Waals surface area (Å²) in [6.07, 6.45) is 1.14. The average Bonchev–Trinajstić information content (AvgIpc) is 3.05. The molecule has 5 nitrogen and oxygen atoms in total. The highest BCUT2D eigenvalue weighted by Gasteiger charge is 2.28. The Bertz CT molecular complexity index is 703.